The van der Waals surface area contributed by atoms with Gasteiger partial charge in [-0.05, 0) is 6.92 Å². The van der Waals surface area contributed by atoms with E-state index in [1.54, 1.807) is 0 Å². The summed E-state index contributed by atoms with van der Waals surface area (Å²) in [5, 5.41) is 8.80. The van der Waals surface area contributed by atoms with E-state index in [4.69, 9.17) is 5.11 Å². The molecule has 0 bridgehead atoms. The zero-order valence-electron chi connectivity index (χ0n) is 4.92. The van der Waals surface area contributed by atoms with Crippen molar-refractivity contribution < 1.29 is 9.52 Å². The van der Waals surface area contributed by atoms with Crippen molar-refractivity contribution in [2.75, 3.05) is 0 Å². The summed E-state index contributed by atoms with van der Waals surface area (Å²) in [4.78, 5) is 10.5. The summed E-state index contributed by atoms with van der Waals surface area (Å²) in [6.07, 6.45) is 1.25. The molecule has 1 rings (SSSR count). The first-order valence-corrected chi connectivity index (χ1v) is 2.49. The number of aryl methyl sites for hydroxylation is 1. The van der Waals surface area contributed by atoms with Crippen molar-refractivity contribution in [1.29, 1.82) is 0 Å². The van der Waals surface area contributed by atoms with E-state index in [-0.39, 0.29) is 31.3 Å². The minimum atomic E-state index is -0.404. The van der Waals surface area contributed by atoms with Crippen LogP contribution in [0.25, 0.3) is 0 Å². The molecule has 3 nitrogen and oxygen atoms in total. The molecule has 0 aliphatic rings. The average Bonchev–Trinajstić information content (AvgIpc) is 1.83. The van der Waals surface area contributed by atoms with E-state index in [9.17, 15) is 4.79 Å². The molecule has 0 radical (unpaired) electrons. The molecule has 1 aromatic heterocycles. The summed E-state index contributed by atoms with van der Waals surface area (Å²) in [5.74, 6) is -0.0556. The van der Waals surface area contributed by atoms with E-state index in [2.05, 4.69) is 4.42 Å². The summed E-state index contributed by atoms with van der Waals surface area (Å²) in [7, 11) is 0. The standard InChI is InChI=1S/C6H6O3.Ga.3H/c1-4-6(8)5(7)2-3-9-4;;;;/h2-3,8H,1H3;;;;. The van der Waals surface area contributed by atoms with Gasteiger partial charge in [-0.25, -0.2) is 0 Å². The van der Waals surface area contributed by atoms with Gasteiger partial charge in [-0.3, -0.25) is 4.79 Å². The zero-order valence-corrected chi connectivity index (χ0v) is 4.92. The average molecular weight is 199 g/mol. The topological polar surface area (TPSA) is 50.4 Å². The quantitative estimate of drug-likeness (QED) is 0.571. The summed E-state index contributed by atoms with van der Waals surface area (Å²) in [5.41, 5.74) is -0.404. The molecule has 1 aromatic rings. The Morgan fingerprint density at radius 2 is 2.20 bits per heavy atom. The van der Waals surface area contributed by atoms with E-state index in [1.807, 2.05) is 0 Å². The van der Waals surface area contributed by atoms with Gasteiger partial charge in [-0.2, -0.15) is 0 Å². The molecular formula is C6H9GaO3. The first-order chi connectivity index (χ1) is 4.22. The maximum absolute atomic E-state index is 10.5. The molecule has 0 aliphatic carbocycles. The Hall–Kier alpha value is -0.614. The van der Waals surface area contributed by atoms with Gasteiger partial charge in [0.25, 0.3) is 0 Å². The third kappa shape index (κ3) is 1.68. The Balaban J connectivity index is 0.000000810. The van der Waals surface area contributed by atoms with E-state index in [0.29, 0.717) is 0 Å². The van der Waals surface area contributed by atoms with Crippen LogP contribution in [0.3, 0.4) is 0 Å². The molecule has 1 heterocycles. The summed E-state index contributed by atoms with van der Waals surface area (Å²) in [6, 6.07) is 1.17. The molecule has 0 unspecified atom stereocenters. The van der Waals surface area contributed by atoms with Gasteiger partial charge in [0, 0.05) is 6.07 Å². The summed E-state index contributed by atoms with van der Waals surface area (Å²) in [6.45, 7) is 1.52. The monoisotopic (exact) mass is 198 g/mol. The van der Waals surface area contributed by atoms with Crippen LogP contribution in [0.15, 0.2) is 21.5 Å². The van der Waals surface area contributed by atoms with Crippen molar-refractivity contribution in [1.82, 2.24) is 0 Å². The van der Waals surface area contributed by atoms with Crippen LogP contribution in [0.2, 0.25) is 0 Å². The Labute approximate surface area is 70.7 Å². The van der Waals surface area contributed by atoms with Crippen LogP contribution in [0.1, 0.15) is 5.76 Å². The minimum absolute atomic E-state index is 0. The van der Waals surface area contributed by atoms with E-state index >= 15 is 0 Å². The van der Waals surface area contributed by atoms with Crippen molar-refractivity contribution >= 4 is 19.8 Å². The van der Waals surface area contributed by atoms with Crippen LogP contribution in [0.5, 0.6) is 5.75 Å². The molecule has 0 saturated heterocycles. The van der Waals surface area contributed by atoms with Crippen LogP contribution < -0.4 is 5.43 Å². The van der Waals surface area contributed by atoms with Gasteiger partial charge in [0.15, 0.2) is 0 Å². The first-order valence-electron chi connectivity index (χ1n) is 2.49. The van der Waals surface area contributed by atoms with Crippen molar-refractivity contribution in [3.8, 4) is 5.75 Å². The van der Waals surface area contributed by atoms with Crippen LogP contribution in [-0.4, -0.2) is 24.9 Å². The molecule has 0 atom stereocenters. The van der Waals surface area contributed by atoms with Gasteiger partial charge in [-0.1, -0.05) is 0 Å². The van der Waals surface area contributed by atoms with Gasteiger partial charge < -0.3 is 9.52 Å². The van der Waals surface area contributed by atoms with Gasteiger partial charge >= 0.3 is 19.8 Å². The van der Waals surface area contributed by atoms with E-state index in [0.717, 1.165) is 0 Å². The van der Waals surface area contributed by atoms with Crippen LogP contribution in [0.4, 0.5) is 0 Å². The van der Waals surface area contributed by atoms with Crippen molar-refractivity contribution in [3.63, 3.8) is 0 Å². The van der Waals surface area contributed by atoms with Crippen LogP contribution in [-0.2, 0) is 0 Å². The number of aromatic hydroxyl groups is 1. The normalized spacial score (nSPS) is 8.50. The maximum atomic E-state index is 10.5. The second kappa shape index (κ2) is 3.53. The van der Waals surface area contributed by atoms with Gasteiger partial charge in [-0.15, -0.1) is 0 Å². The molecule has 10 heavy (non-hydrogen) atoms. The molecule has 1 N–H and O–H groups in total. The summed E-state index contributed by atoms with van der Waals surface area (Å²) < 4.78 is 4.69. The third-order valence-electron chi connectivity index (χ3n) is 1.03. The van der Waals surface area contributed by atoms with Gasteiger partial charge in [0.1, 0.15) is 5.76 Å². The number of hydrogen-bond donors (Lipinski definition) is 1. The second-order valence-corrected chi connectivity index (χ2v) is 1.69. The Bertz CT molecular complexity index is 266. The molecule has 0 fully saturated rings. The fraction of sp³-hybridized carbons (Fsp3) is 0.167. The molecule has 0 aromatic carbocycles. The molecule has 0 aliphatic heterocycles. The molecule has 4 heteroatoms. The Morgan fingerprint density at radius 1 is 1.60 bits per heavy atom. The van der Waals surface area contributed by atoms with Gasteiger partial charge in [0.2, 0.25) is 11.2 Å². The predicted molar refractivity (Wildman–Crippen MR) is 41.3 cm³/mol. The van der Waals surface area contributed by atoms with E-state index < -0.39 is 5.43 Å². The number of rotatable bonds is 0. The van der Waals surface area contributed by atoms with Crippen molar-refractivity contribution in [2.45, 2.75) is 6.92 Å². The first kappa shape index (κ1) is 9.39. The third-order valence-corrected chi connectivity index (χ3v) is 1.03. The summed E-state index contributed by atoms with van der Waals surface area (Å²) >= 11 is 0. The van der Waals surface area contributed by atoms with Gasteiger partial charge in [0.05, 0.1) is 6.26 Å². The van der Waals surface area contributed by atoms with Crippen molar-refractivity contribution in [2.24, 2.45) is 0 Å². The molecule has 0 amide bonds. The van der Waals surface area contributed by atoms with Crippen LogP contribution >= 0.6 is 0 Å². The molecule has 54 valence electrons. The zero-order chi connectivity index (χ0) is 6.85. The Kier molecular flexibility index (Phi) is 3.31. The fourth-order valence-corrected chi connectivity index (χ4v) is 0.506. The molecular weight excluding hydrogens is 190 g/mol. The molecule has 0 spiro atoms. The van der Waals surface area contributed by atoms with Crippen LogP contribution in [0, 0.1) is 6.92 Å². The second-order valence-electron chi connectivity index (χ2n) is 1.69. The fourth-order valence-electron chi connectivity index (χ4n) is 0.506. The van der Waals surface area contributed by atoms with E-state index in [1.165, 1.54) is 19.3 Å². The SMILES string of the molecule is Cc1occc(=O)c1O.[GaH3]. The predicted octanol–water partition coefficient (Wildman–Crippen LogP) is -0.530. The molecule has 0 saturated carbocycles. The Morgan fingerprint density at radius 3 is 2.60 bits per heavy atom. The van der Waals surface area contributed by atoms with Crippen molar-refractivity contribution in [3.05, 3.63) is 28.3 Å². The number of hydrogen-bond acceptors (Lipinski definition) is 3.